The lowest BCUT2D eigenvalue weighted by atomic mass is 10.1. The molecule has 0 aliphatic carbocycles. The molecule has 1 aliphatic rings. The van der Waals surface area contributed by atoms with E-state index < -0.39 is 17.7 Å². The van der Waals surface area contributed by atoms with Crippen molar-refractivity contribution in [1.29, 1.82) is 0 Å². The molecule has 2 amide bonds. The number of urea groups is 1. The Morgan fingerprint density at radius 1 is 1.10 bits per heavy atom. The summed E-state index contributed by atoms with van der Waals surface area (Å²) in [6, 6.07) is 3.04. The number of nitrogens with zero attached hydrogens (tertiary/aromatic N) is 2. The number of benzene rings is 1. The van der Waals surface area contributed by atoms with Gasteiger partial charge in [0.05, 0.1) is 0 Å². The first-order valence-corrected chi connectivity index (χ1v) is 7.04. The number of anilines is 1. The monoisotopic (exact) mass is 297 g/mol. The highest BCUT2D eigenvalue weighted by molar-refractivity contribution is 5.89. The molecule has 0 bridgehead atoms. The van der Waals surface area contributed by atoms with E-state index in [1.54, 1.807) is 4.90 Å². The minimum absolute atomic E-state index is 0.0558. The molecule has 116 valence electrons. The highest BCUT2D eigenvalue weighted by Gasteiger charge is 2.28. The fraction of sp³-hybridized carbons (Fsp3) is 0.533. The van der Waals surface area contributed by atoms with Crippen LogP contribution < -0.4 is 5.32 Å². The minimum Gasteiger partial charge on any atom is -0.322 e. The van der Waals surface area contributed by atoms with E-state index in [0.29, 0.717) is 13.1 Å². The number of piperazine rings is 1. The van der Waals surface area contributed by atoms with Gasteiger partial charge in [0.15, 0.2) is 0 Å². The van der Waals surface area contributed by atoms with Crippen molar-refractivity contribution in [3.8, 4) is 0 Å². The lowest BCUT2D eigenvalue weighted by Gasteiger charge is -2.42. The smallest absolute Gasteiger partial charge is 0.322 e. The predicted molar refractivity (Wildman–Crippen MR) is 78.3 cm³/mol. The quantitative estimate of drug-likeness (QED) is 0.865. The molecule has 1 aliphatic heterocycles. The number of halogens is 2. The van der Waals surface area contributed by atoms with Crippen molar-refractivity contribution in [2.45, 2.75) is 26.3 Å². The van der Waals surface area contributed by atoms with Crippen LogP contribution in [0.5, 0.6) is 0 Å². The van der Waals surface area contributed by atoms with Gasteiger partial charge in [0.2, 0.25) is 0 Å². The molecule has 0 saturated carbocycles. The fourth-order valence-corrected chi connectivity index (χ4v) is 2.38. The van der Waals surface area contributed by atoms with Crippen LogP contribution in [0.2, 0.25) is 0 Å². The van der Waals surface area contributed by atoms with Gasteiger partial charge >= 0.3 is 6.03 Å². The van der Waals surface area contributed by atoms with Gasteiger partial charge in [0, 0.05) is 31.7 Å². The van der Waals surface area contributed by atoms with Gasteiger partial charge < -0.3 is 10.2 Å². The van der Waals surface area contributed by atoms with Crippen molar-refractivity contribution in [1.82, 2.24) is 9.80 Å². The van der Waals surface area contributed by atoms with Crippen LogP contribution in [0.3, 0.4) is 0 Å². The normalized spacial score (nSPS) is 16.9. The van der Waals surface area contributed by atoms with Gasteiger partial charge in [-0.25, -0.2) is 13.6 Å². The minimum atomic E-state index is -0.767. The molecule has 1 aromatic carbocycles. The Morgan fingerprint density at radius 3 is 2.10 bits per heavy atom. The summed E-state index contributed by atoms with van der Waals surface area (Å²) in [6.45, 7) is 8.94. The molecule has 21 heavy (non-hydrogen) atoms. The van der Waals surface area contributed by atoms with Crippen LogP contribution >= 0.6 is 0 Å². The van der Waals surface area contributed by atoms with E-state index in [0.717, 1.165) is 25.2 Å². The van der Waals surface area contributed by atoms with Crippen LogP contribution in [-0.4, -0.2) is 47.5 Å². The second kappa shape index (κ2) is 5.97. The summed E-state index contributed by atoms with van der Waals surface area (Å²) in [6.07, 6.45) is 0. The number of carbonyl (C=O) groups is 1. The molecule has 1 aromatic rings. The summed E-state index contributed by atoms with van der Waals surface area (Å²) in [4.78, 5) is 15.9. The van der Waals surface area contributed by atoms with Gasteiger partial charge in [-0.3, -0.25) is 4.90 Å². The summed E-state index contributed by atoms with van der Waals surface area (Å²) in [5.41, 5.74) is -0.332. The van der Waals surface area contributed by atoms with Crippen LogP contribution in [0.4, 0.5) is 19.3 Å². The number of rotatable bonds is 1. The largest absolute Gasteiger partial charge is 0.322 e. The standard InChI is InChI=1S/C15H21F2N3O/c1-15(2,3)20-9-7-19(8-10-20)14(21)18-13-11(16)5-4-6-12(13)17/h4-6H,7-10H2,1-3H3,(H,18,21). The number of hydrogen-bond donors (Lipinski definition) is 1. The van der Waals surface area contributed by atoms with Gasteiger partial charge in [-0.1, -0.05) is 6.07 Å². The molecule has 2 rings (SSSR count). The molecule has 0 atom stereocenters. The molecule has 0 radical (unpaired) electrons. The third-order valence-electron chi connectivity index (χ3n) is 3.71. The molecule has 1 heterocycles. The average molecular weight is 297 g/mol. The van der Waals surface area contributed by atoms with Gasteiger partial charge in [0.1, 0.15) is 17.3 Å². The molecule has 6 heteroatoms. The molecule has 1 N–H and O–H groups in total. The third kappa shape index (κ3) is 3.69. The first kappa shape index (κ1) is 15.7. The first-order chi connectivity index (χ1) is 9.79. The number of carbonyl (C=O) groups excluding carboxylic acids is 1. The van der Waals surface area contributed by atoms with E-state index in [-0.39, 0.29) is 11.2 Å². The second-order valence-electron chi connectivity index (χ2n) is 6.17. The topological polar surface area (TPSA) is 35.6 Å². The maximum absolute atomic E-state index is 13.5. The molecule has 1 fully saturated rings. The molecular weight excluding hydrogens is 276 g/mol. The Morgan fingerprint density at radius 2 is 1.62 bits per heavy atom. The highest BCUT2D eigenvalue weighted by Crippen LogP contribution is 2.20. The lowest BCUT2D eigenvalue weighted by molar-refractivity contribution is 0.0774. The number of nitrogens with one attached hydrogen (secondary N) is 1. The molecular formula is C15H21F2N3O. The van der Waals surface area contributed by atoms with Crippen LogP contribution in [0.25, 0.3) is 0 Å². The van der Waals surface area contributed by atoms with Gasteiger partial charge in [-0.2, -0.15) is 0 Å². The number of para-hydroxylation sites is 1. The zero-order valence-corrected chi connectivity index (χ0v) is 12.6. The van der Waals surface area contributed by atoms with Gasteiger partial charge in [-0.15, -0.1) is 0 Å². The fourth-order valence-electron chi connectivity index (χ4n) is 2.38. The van der Waals surface area contributed by atoms with E-state index in [4.69, 9.17) is 0 Å². The highest BCUT2D eigenvalue weighted by atomic mass is 19.1. The lowest BCUT2D eigenvalue weighted by Crippen LogP contribution is -2.55. The molecule has 0 aromatic heterocycles. The SMILES string of the molecule is CC(C)(C)N1CCN(C(=O)Nc2c(F)cccc2F)CC1. The summed E-state index contributed by atoms with van der Waals surface area (Å²) in [5.74, 6) is -1.53. The Kier molecular flexibility index (Phi) is 4.46. The van der Waals surface area contributed by atoms with E-state index >= 15 is 0 Å². The molecule has 0 unspecified atom stereocenters. The molecule has 1 saturated heterocycles. The van der Waals surface area contributed by atoms with Crippen molar-refractivity contribution in [3.05, 3.63) is 29.8 Å². The van der Waals surface area contributed by atoms with Crippen molar-refractivity contribution < 1.29 is 13.6 Å². The zero-order valence-electron chi connectivity index (χ0n) is 12.6. The number of amides is 2. The first-order valence-electron chi connectivity index (χ1n) is 7.04. The zero-order chi connectivity index (χ0) is 15.6. The summed E-state index contributed by atoms with van der Waals surface area (Å²) in [5, 5.41) is 2.32. The average Bonchev–Trinajstić information content (AvgIpc) is 2.42. The van der Waals surface area contributed by atoms with E-state index in [1.165, 1.54) is 6.07 Å². The maximum Gasteiger partial charge on any atom is 0.322 e. The van der Waals surface area contributed by atoms with Crippen LogP contribution in [-0.2, 0) is 0 Å². The maximum atomic E-state index is 13.5. The van der Waals surface area contributed by atoms with Crippen LogP contribution in [0.1, 0.15) is 20.8 Å². The third-order valence-corrected chi connectivity index (χ3v) is 3.71. The van der Waals surface area contributed by atoms with Crippen molar-refractivity contribution in [3.63, 3.8) is 0 Å². The summed E-state index contributed by atoms with van der Waals surface area (Å²) >= 11 is 0. The Labute approximate surface area is 123 Å². The summed E-state index contributed by atoms with van der Waals surface area (Å²) in [7, 11) is 0. The number of hydrogen-bond acceptors (Lipinski definition) is 2. The summed E-state index contributed by atoms with van der Waals surface area (Å²) < 4.78 is 27.0. The van der Waals surface area contributed by atoms with Gasteiger partial charge in [-0.05, 0) is 32.9 Å². The Hall–Kier alpha value is -1.69. The molecule has 0 spiro atoms. The Bertz CT molecular complexity index is 500. The molecule has 4 nitrogen and oxygen atoms in total. The predicted octanol–water partition coefficient (Wildman–Crippen LogP) is 2.91. The van der Waals surface area contributed by atoms with Crippen molar-refractivity contribution >= 4 is 11.7 Å². The van der Waals surface area contributed by atoms with E-state index in [2.05, 4.69) is 31.0 Å². The second-order valence-corrected chi connectivity index (χ2v) is 6.17. The van der Waals surface area contributed by atoms with Crippen molar-refractivity contribution in [2.75, 3.05) is 31.5 Å². The van der Waals surface area contributed by atoms with Crippen LogP contribution in [0, 0.1) is 11.6 Å². The van der Waals surface area contributed by atoms with Crippen LogP contribution in [0.15, 0.2) is 18.2 Å². The Balaban J connectivity index is 1.97. The van der Waals surface area contributed by atoms with E-state index in [1.807, 2.05) is 0 Å². The van der Waals surface area contributed by atoms with Crippen molar-refractivity contribution in [2.24, 2.45) is 0 Å². The van der Waals surface area contributed by atoms with Gasteiger partial charge in [0.25, 0.3) is 0 Å². The van der Waals surface area contributed by atoms with E-state index in [9.17, 15) is 13.6 Å².